The molecule has 2 aromatic rings. The van der Waals surface area contributed by atoms with Crippen LogP contribution in [-0.4, -0.2) is 62.6 Å². The van der Waals surface area contributed by atoms with Crippen molar-refractivity contribution in [1.82, 2.24) is 9.21 Å². The number of halogens is 3. The number of rotatable bonds is 6. The van der Waals surface area contributed by atoms with Gasteiger partial charge >= 0.3 is 6.36 Å². The summed E-state index contributed by atoms with van der Waals surface area (Å²) in [5.41, 5.74) is 3.68. The molecule has 186 valence electrons. The van der Waals surface area contributed by atoms with Crippen LogP contribution in [0.1, 0.15) is 22.3 Å². The number of benzene rings is 2. The van der Waals surface area contributed by atoms with Gasteiger partial charge in [0.15, 0.2) is 0 Å². The topological polar surface area (TPSA) is 79.0 Å². The highest BCUT2D eigenvalue weighted by Gasteiger charge is 2.32. The summed E-state index contributed by atoms with van der Waals surface area (Å²) in [4.78, 5) is 14.6. The molecule has 3 rings (SSSR count). The summed E-state index contributed by atoms with van der Waals surface area (Å²) < 4.78 is 68.7. The molecule has 0 spiro atoms. The zero-order valence-corrected chi connectivity index (χ0v) is 20.3. The maximum Gasteiger partial charge on any atom is 0.573 e. The summed E-state index contributed by atoms with van der Waals surface area (Å²) in [5, 5.41) is 2.62. The normalized spacial score (nSPS) is 15.9. The molecule has 0 atom stereocenters. The number of carbonyl (C=O) groups is 1. The van der Waals surface area contributed by atoms with Gasteiger partial charge in [-0.1, -0.05) is 6.07 Å². The van der Waals surface area contributed by atoms with E-state index in [4.69, 9.17) is 0 Å². The van der Waals surface area contributed by atoms with Gasteiger partial charge in [-0.05, 0) is 74.2 Å². The Kier molecular flexibility index (Phi) is 7.59. The Hall–Kier alpha value is -2.63. The average molecular weight is 500 g/mol. The zero-order valence-electron chi connectivity index (χ0n) is 19.5. The van der Waals surface area contributed by atoms with Crippen LogP contribution < -0.4 is 10.1 Å². The van der Waals surface area contributed by atoms with Gasteiger partial charge in [0.05, 0.1) is 11.4 Å². The lowest BCUT2D eigenvalue weighted by molar-refractivity contribution is -0.274. The minimum atomic E-state index is -4.78. The van der Waals surface area contributed by atoms with Crippen LogP contribution in [-0.2, 0) is 14.8 Å². The molecule has 0 saturated carbocycles. The highest BCUT2D eigenvalue weighted by molar-refractivity contribution is 7.89. The molecule has 7 nitrogen and oxygen atoms in total. The number of amides is 1. The van der Waals surface area contributed by atoms with E-state index in [-0.39, 0.29) is 31.3 Å². The molecule has 1 aliphatic rings. The fourth-order valence-corrected chi connectivity index (χ4v) is 5.97. The van der Waals surface area contributed by atoms with E-state index in [1.54, 1.807) is 0 Å². The van der Waals surface area contributed by atoms with Crippen molar-refractivity contribution in [3.63, 3.8) is 0 Å². The molecule has 0 bridgehead atoms. The molecule has 1 heterocycles. The molecule has 1 amide bonds. The monoisotopic (exact) mass is 499 g/mol. The SMILES string of the molecule is Cc1cc(C)c(C)c(S(=O)(=O)N2CCN(CC(=O)Nc3ccc(OC(F)(F)F)cc3)CC2)c1C. The number of nitrogens with one attached hydrogen (secondary N) is 1. The van der Waals surface area contributed by atoms with Crippen molar-refractivity contribution in [2.24, 2.45) is 0 Å². The molecule has 11 heteroatoms. The third-order valence-electron chi connectivity index (χ3n) is 5.97. The number of piperazine rings is 1. The molecule has 0 unspecified atom stereocenters. The summed E-state index contributed by atoms with van der Waals surface area (Å²) in [6.45, 7) is 8.74. The summed E-state index contributed by atoms with van der Waals surface area (Å²) >= 11 is 0. The highest BCUT2D eigenvalue weighted by atomic mass is 32.2. The van der Waals surface area contributed by atoms with Crippen molar-refractivity contribution in [3.05, 3.63) is 52.6 Å². The van der Waals surface area contributed by atoms with Gasteiger partial charge in [-0.15, -0.1) is 13.2 Å². The second kappa shape index (κ2) is 9.93. The van der Waals surface area contributed by atoms with E-state index in [1.807, 2.05) is 38.7 Å². The quantitative estimate of drug-likeness (QED) is 0.655. The number of hydrogen-bond acceptors (Lipinski definition) is 5. The smallest absolute Gasteiger partial charge is 0.406 e. The first-order valence-corrected chi connectivity index (χ1v) is 12.2. The maximum absolute atomic E-state index is 13.4. The van der Waals surface area contributed by atoms with Gasteiger partial charge in [0, 0.05) is 31.9 Å². The lowest BCUT2D eigenvalue weighted by atomic mass is 10.0. The lowest BCUT2D eigenvalue weighted by Crippen LogP contribution is -2.50. The number of hydrogen-bond donors (Lipinski definition) is 1. The first-order valence-electron chi connectivity index (χ1n) is 10.7. The van der Waals surface area contributed by atoms with Gasteiger partial charge in [0.25, 0.3) is 0 Å². The second-order valence-corrected chi connectivity index (χ2v) is 10.3. The van der Waals surface area contributed by atoms with Crippen LogP contribution in [0.4, 0.5) is 18.9 Å². The summed E-state index contributed by atoms with van der Waals surface area (Å²) in [7, 11) is -3.67. The number of nitrogens with zero attached hydrogens (tertiary/aromatic N) is 2. The fourth-order valence-electron chi connectivity index (χ4n) is 3.97. The molecule has 1 fully saturated rings. The van der Waals surface area contributed by atoms with Crippen LogP contribution in [0.15, 0.2) is 35.2 Å². The van der Waals surface area contributed by atoms with Crippen LogP contribution >= 0.6 is 0 Å². The molecule has 0 aromatic heterocycles. The second-order valence-electron chi connectivity index (χ2n) is 8.39. The van der Waals surface area contributed by atoms with E-state index in [0.717, 1.165) is 34.4 Å². The molecular formula is C23H28F3N3O4S. The van der Waals surface area contributed by atoms with E-state index in [0.29, 0.717) is 23.7 Å². The van der Waals surface area contributed by atoms with Crippen molar-refractivity contribution in [1.29, 1.82) is 0 Å². The number of aryl methyl sites for hydroxylation is 2. The van der Waals surface area contributed by atoms with E-state index >= 15 is 0 Å². The Morgan fingerprint density at radius 2 is 1.50 bits per heavy atom. The Morgan fingerprint density at radius 1 is 0.971 bits per heavy atom. The van der Waals surface area contributed by atoms with E-state index < -0.39 is 16.4 Å². The van der Waals surface area contributed by atoms with E-state index in [2.05, 4.69) is 10.1 Å². The Bertz CT molecular complexity index is 1130. The molecular weight excluding hydrogens is 471 g/mol. The molecule has 2 aromatic carbocycles. The van der Waals surface area contributed by atoms with Crippen molar-refractivity contribution < 1.29 is 31.1 Å². The Labute approximate surface area is 197 Å². The Morgan fingerprint density at radius 3 is 2.00 bits per heavy atom. The largest absolute Gasteiger partial charge is 0.573 e. The Balaban J connectivity index is 1.58. The molecule has 0 aliphatic carbocycles. The first kappa shape index (κ1) is 26.0. The third-order valence-corrected chi connectivity index (χ3v) is 8.14. The van der Waals surface area contributed by atoms with E-state index in [1.165, 1.54) is 16.4 Å². The van der Waals surface area contributed by atoms with Gasteiger partial charge in [-0.25, -0.2) is 8.42 Å². The molecule has 1 saturated heterocycles. The van der Waals surface area contributed by atoms with Crippen molar-refractivity contribution in [2.45, 2.75) is 39.0 Å². The highest BCUT2D eigenvalue weighted by Crippen LogP contribution is 2.29. The number of ether oxygens (including phenoxy) is 1. The number of carbonyl (C=O) groups excluding carboxylic acids is 1. The van der Waals surface area contributed by atoms with Gasteiger partial charge < -0.3 is 10.1 Å². The standard InChI is InChI=1S/C23H28F3N3O4S/c1-15-13-16(2)18(4)22(17(15)3)34(31,32)29-11-9-28(10-12-29)14-21(30)27-19-5-7-20(8-6-19)33-23(24,25)26/h5-8,13H,9-12,14H2,1-4H3,(H,27,30). The minimum Gasteiger partial charge on any atom is -0.406 e. The predicted molar refractivity (Wildman–Crippen MR) is 122 cm³/mol. The van der Waals surface area contributed by atoms with Crippen LogP contribution in [0.25, 0.3) is 0 Å². The van der Waals surface area contributed by atoms with Gasteiger partial charge in [-0.3, -0.25) is 9.69 Å². The maximum atomic E-state index is 13.4. The van der Waals surface area contributed by atoms with Crippen molar-refractivity contribution in [3.8, 4) is 5.75 Å². The molecule has 1 aliphatic heterocycles. The third kappa shape index (κ3) is 6.08. The van der Waals surface area contributed by atoms with Gasteiger partial charge in [0.2, 0.25) is 15.9 Å². The zero-order chi connectivity index (χ0) is 25.3. The van der Waals surface area contributed by atoms with Crippen LogP contribution in [0.2, 0.25) is 0 Å². The predicted octanol–water partition coefficient (Wildman–Crippen LogP) is 3.76. The summed E-state index contributed by atoms with van der Waals surface area (Å²) in [6.07, 6.45) is -4.78. The van der Waals surface area contributed by atoms with Gasteiger partial charge in [-0.2, -0.15) is 4.31 Å². The summed E-state index contributed by atoms with van der Waals surface area (Å²) in [6, 6.07) is 6.85. The van der Waals surface area contributed by atoms with Crippen molar-refractivity contribution >= 4 is 21.6 Å². The molecule has 1 N–H and O–H groups in total. The number of sulfonamides is 1. The lowest BCUT2D eigenvalue weighted by Gasteiger charge is -2.34. The summed E-state index contributed by atoms with van der Waals surface area (Å²) in [5.74, 6) is -0.723. The molecule has 34 heavy (non-hydrogen) atoms. The molecule has 0 radical (unpaired) electrons. The van der Waals surface area contributed by atoms with Gasteiger partial charge in [0.1, 0.15) is 5.75 Å². The minimum absolute atomic E-state index is 0.0380. The average Bonchev–Trinajstić information content (AvgIpc) is 2.73. The van der Waals surface area contributed by atoms with Crippen molar-refractivity contribution in [2.75, 3.05) is 38.0 Å². The first-order chi connectivity index (χ1) is 15.8. The van der Waals surface area contributed by atoms with Crippen LogP contribution in [0.3, 0.4) is 0 Å². The number of anilines is 1. The fraction of sp³-hybridized carbons (Fsp3) is 0.435. The van der Waals surface area contributed by atoms with E-state index in [9.17, 15) is 26.4 Å². The van der Waals surface area contributed by atoms with Crippen LogP contribution in [0, 0.1) is 27.7 Å². The van der Waals surface area contributed by atoms with Crippen LogP contribution in [0.5, 0.6) is 5.75 Å². The number of alkyl halides is 3.